The van der Waals surface area contributed by atoms with Crippen LogP contribution in [0.15, 0.2) is 24.3 Å². The summed E-state index contributed by atoms with van der Waals surface area (Å²) in [6.07, 6.45) is 3.79. The van der Waals surface area contributed by atoms with Crippen LogP contribution in [-0.4, -0.2) is 66.9 Å². The third kappa shape index (κ3) is 4.41. The molecule has 0 aliphatic carbocycles. The number of carboxylic acids is 1. The molecule has 4 rings (SSSR count). The summed E-state index contributed by atoms with van der Waals surface area (Å²) in [4.78, 5) is 26.8. The van der Waals surface area contributed by atoms with Crippen LogP contribution >= 0.6 is 0 Å². The molecule has 0 radical (unpaired) electrons. The number of nitrogens with one attached hydrogen (secondary N) is 1. The van der Waals surface area contributed by atoms with Gasteiger partial charge in [0.05, 0.1) is 31.2 Å². The Morgan fingerprint density at radius 3 is 2.38 bits per heavy atom. The summed E-state index contributed by atoms with van der Waals surface area (Å²) in [5, 5.41) is 12.6. The lowest BCUT2D eigenvalue weighted by Gasteiger charge is -2.33. The number of carbonyl (C=O) groups excluding carboxylic acids is 1. The lowest BCUT2D eigenvalue weighted by molar-refractivity contribution is -0.148. The number of hydrogen-bond acceptors (Lipinski definition) is 5. The molecule has 158 valence electrons. The molecule has 7 nitrogen and oxygen atoms in total. The van der Waals surface area contributed by atoms with Gasteiger partial charge in [-0.2, -0.15) is 0 Å². The number of methoxy groups -OCH3 is 1. The van der Waals surface area contributed by atoms with Crippen LogP contribution in [0.3, 0.4) is 0 Å². The van der Waals surface area contributed by atoms with Gasteiger partial charge in [0.2, 0.25) is 5.91 Å². The zero-order chi connectivity index (χ0) is 20.4. The van der Waals surface area contributed by atoms with Gasteiger partial charge in [0.25, 0.3) is 0 Å². The Kier molecular flexibility index (Phi) is 6.06. The van der Waals surface area contributed by atoms with E-state index in [1.165, 1.54) is 5.56 Å². The van der Waals surface area contributed by atoms with E-state index in [4.69, 9.17) is 9.47 Å². The average molecular weight is 402 g/mol. The minimum Gasteiger partial charge on any atom is -0.497 e. The number of rotatable bonds is 7. The summed E-state index contributed by atoms with van der Waals surface area (Å²) in [7, 11) is 1.67. The van der Waals surface area contributed by atoms with Gasteiger partial charge in [0.15, 0.2) is 0 Å². The van der Waals surface area contributed by atoms with Crippen LogP contribution in [0.4, 0.5) is 0 Å². The fourth-order valence-corrected chi connectivity index (χ4v) is 5.00. The molecule has 1 aromatic carbocycles. The van der Waals surface area contributed by atoms with Crippen molar-refractivity contribution in [1.82, 2.24) is 10.2 Å². The number of nitrogens with zero attached hydrogens (tertiary/aromatic N) is 1. The van der Waals surface area contributed by atoms with E-state index in [1.54, 1.807) is 7.11 Å². The molecule has 4 atom stereocenters. The quantitative estimate of drug-likeness (QED) is 0.722. The van der Waals surface area contributed by atoms with Crippen molar-refractivity contribution >= 4 is 11.9 Å². The van der Waals surface area contributed by atoms with Crippen LogP contribution in [0.5, 0.6) is 5.75 Å². The van der Waals surface area contributed by atoms with Crippen molar-refractivity contribution in [2.75, 3.05) is 26.7 Å². The van der Waals surface area contributed by atoms with Gasteiger partial charge in [-0.3, -0.25) is 9.59 Å². The van der Waals surface area contributed by atoms with E-state index in [0.29, 0.717) is 0 Å². The third-order valence-electron chi connectivity index (χ3n) is 6.67. The highest BCUT2D eigenvalue weighted by Gasteiger charge is 2.55. The zero-order valence-corrected chi connectivity index (χ0v) is 16.9. The van der Waals surface area contributed by atoms with Gasteiger partial charge in [-0.05, 0) is 49.8 Å². The molecule has 0 spiro atoms. The van der Waals surface area contributed by atoms with E-state index in [9.17, 15) is 14.7 Å². The standard InChI is InChI=1S/C22H30N2O5/c1-28-16-4-2-14(3-5-16)8-11-24-12-9-15(10-13-24)23-21(25)19-17-6-7-18(29-17)20(19)22(26)27/h2-5,15,17-20H,6-13H2,1H3,(H,23,25)(H,26,27)/t17-,18+,19?,20?/m0/s1. The van der Waals surface area contributed by atoms with Crippen molar-refractivity contribution in [3.8, 4) is 5.75 Å². The van der Waals surface area contributed by atoms with Crippen LogP contribution in [0, 0.1) is 11.8 Å². The Morgan fingerprint density at radius 1 is 1.10 bits per heavy atom. The number of aliphatic carboxylic acids is 1. The zero-order valence-electron chi connectivity index (χ0n) is 16.9. The van der Waals surface area contributed by atoms with Crippen LogP contribution in [0.2, 0.25) is 0 Å². The summed E-state index contributed by atoms with van der Waals surface area (Å²) in [5.74, 6) is -1.42. The molecule has 0 saturated carbocycles. The SMILES string of the molecule is COc1ccc(CCN2CCC(NC(=O)C3C(C(=O)O)[C@H]4CC[C@@H]3O4)CC2)cc1. The first-order chi connectivity index (χ1) is 14.0. The number of likely N-dealkylation sites (tertiary alicyclic amines) is 1. The molecule has 1 aromatic rings. The van der Waals surface area contributed by atoms with E-state index in [2.05, 4.69) is 22.3 Å². The number of piperidine rings is 1. The first-order valence-electron chi connectivity index (χ1n) is 10.6. The average Bonchev–Trinajstić information content (AvgIpc) is 3.35. The molecule has 2 unspecified atom stereocenters. The van der Waals surface area contributed by atoms with Crippen molar-refractivity contribution in [3.63, 3.8) is 0 Å². The monoisotopic (exact) mass is 402 g/mol. The highest BCUT2D eigenvalue weighted by molar-refractivity contribution is 5.86. The van der Waals surface area contributed by atoms with E-state index in [-0.39, 0.29) is 24.2 Å². The second-order valence-electron chi connectivity index (χ2n) is 8.40. The number of fused-ring (bicyclic) bond motifs is 2. The molecule has 3 fully saturated rings. The smallest absolute Gasteiger partial charge is 0.310 e. The Hall–Kier alpha value is -2.12. The highest BCUT2D eigenvalue weighted by Crippen LogP contribution is 2.43. The number of carbonyl (C=O) groups is 2. The van der Waals surface area contributed by atoms with Crippen molar-refractivity contribution in [2.24, 2.45) is 11.8 Å². The molecule has 3 saturated heterocycles. The fraction of sp³-hybridized carbons (Fsp3) is 0.636. The maximum Gasteiger partial charge on any atom is 0.310 e. The third-order valence-corrected chi connectivity index (χ3v) is 6.67. The second-order valence-corrected chi connectivity index (χ2v) is 8.40. The van der Waals surface area contributed by atoms with E-state index < -0.39 is 17.8 Å². The van der Waals surface area contributed by atoms with Crippen LogP contribution in [-0.2, 0) is 20.7 Å². The Balaban J connectivity index is 1.22. The molecule has 0 aromatic heterocycles. The molecular weight excluding hydrogens is 372 g/mol. The maximum atomic E-state index is 12.8. The molecule has 2 bridgehead atoms. The first kappa shape index (κ1) is 20.2. The van der Waals surface area contributed by atoms with Gasteiger partial charge in [0.1, 0.15) is 5.75 Å². The van der Waals surface area contributed by atoms with Crippen LogP contribution in [0.1, 0.15) is 31.2 Å². The molecule has 2 N–H and O–H groups in total. The van der Waals surface area contributed by atoms with E-state index in [0.717, 1.165) is 57.5 Å². The summed E-state index contributed by atoms with van der Waals surface area (Å²) < 4.78 is 10.9. The molecule has 29 heavy (non-hydrogen) atoms. The van der Waals surface area contributed by atoms with Gasteiger partial charge in [-0.1, -0.05) is 12.1 Å². The van der Waals surface area contributed by atoms with Crippen LogP contribution in [0.25, 0.3) is 0 Å². The molecule has 7 heteroatoms. The predicted molar refractivity (Wildman–Crippen MR) is 107 cm³/mol. The van der Waals surface area contributed by atoms with Gasteiger partial charge >= 0.3 is 5.97 Å². The summed E-state index contributed by atoms with van der Waals surface area (Å²) in [6, 6.07) is 8.29. The lowest BCUT2D eigenvalue weighted by Crippen LogP contribution is -2.50. The van der Waals surface area contributed by atoms with Crippen LogP contribution < -0.4 is 10.1 Å². The van der Waals surface area contributed by atoms with Gasteiger partial charge in [0, 0.05) is 25.7 Å². The minimum absolute atomic E-state index is 0.119. The van der Waals surface area contributed by atoms with Crippen molar-refractivity contribution in [2.45, 2.75) is 50.4 Å². The molecule has 3 aliphatic heterocycles. The van der Waals surface area contributed by atoms with E-state index >= 15 is 0 Å². The number of benzene rings is 1. The number of hydrogen-bond donors (Lipinski definition) is 2. The normalized spacial score (nSPS) is 29.7. The number of ether oxygens (including phenoxy) is 2. The molecule has 3 heterocycles. The lowest BCUT2D eigenvalue weighted by atomic mass is 9.78. The molecule has 1 amide bonds. The summed E-state index contributed by atoms with van der Waals surface area (Å²) >= 11 is 0. The van der Waals surface area contributed by atoms with Gasteiger partial charge in [-0.15, -0.1) is 0 Å². The van der Waals surface area contributed by atoms with E-state index in [1.807, 2.05) is 12.1 Å². The second kappa shape index (κ2) is 8.71. The predicted octanol–water partition coefficient (Wildman–Crippen LogP) is 1.70. The first-order valence-corrected chi connectivity index (χ1v) is 10.6. The van der Waals surface area contributed by atoms with Crippen molar-refractivity contribution in [1.29, 1.82) is 0 Å². The number of amides is 1. The Bertz CT molecular complexity index is 729. The topological polar surface area (TPSA) is 88.1 Å². The maximum absolute atomic E-state index is 12.8. The molecule has 3 aliphatic rings. The highest BCUT2D eigenvalue weighted by atomic mass is 16.5. The largest absolute Gasteiger partial charge is 0.497 e. The minimum atomic E-state index is -0.911. The number of carboxylic acid groups (broad SMARTS) is 1. The molecular formula is C22H30N2O5. The van der Waals surface area contributed by atoms with Gasteiger partial charge < -0.3 is 24.8 Å². The Labute approximate surface area is 171 Å². The van der Waals surface area contributed by atoms with Crippen molar-refractivity contribution in [3.05, 3.63) is 29.8 Å². The van der Waals surface area contributed by atoms with Gasteiger partial charge in [-0.25, -0.2) is 0 Å². The fourth-order valence-electron chi connectivity index (χ4n) is 5.00. The van der Waals surface area contributed by atoms with Crippen molar-refractivity contribution < 1.29 is 24.2 Å². The summed E-state index contributed by atoms with van der Waals surface area (Å²) in [5.41, 5.74) is 1.29. The summed E-state index contributed by atoms with van der Waals surface area (Å²) in [6.45, 7) is 2.88. The Morgan fingerprint density at radius 2 is 1.76 bits per heavy atom.